The van der Waals surface area contributed by atoms with Crippen molar-refractivity contribution >= 4 is 5.91 Å². The molecule has 1 aromatic rings. The number of hydrogen-bond acceptors (Lipinski definition) is 2. The van der Waals surface area contributed by atoms with Gasteiger partial charge in [-0.3, -0.25) is 4.79 Å². The van der Waals surface area contributed by atoms with Crippen LogP contribution in [0.1, 0.15) is 26.0 Å². The quantitative estimate of drug-likeness (QED) is 0.771. The van der Waals surface area contributed by atoms with Gasteiger partial charge in [-0.2, -0.15) is 0 Å². The van der Waals surface area contributed by atoms with Crippen molar-refractivity contribution in [1.82, 2.24) is 5.32 Å². The molecule has 0 spiro atoms. The number of hydrogen-bond donors (Lipinski definition) is 1. The Hall–Kier alpha value is -1.25. The molecule has 1 amide bonds. The van der Waals surface area contributed by atoms with Crippen LogP contribution in [0.4, 0.5) is 0 Å². The van der Waals surface area contributed by atoms with Crippen molar-refractivity contribution < 1.29 is 9.21 Å². The van der Waals surface area contributed by atoms with Gasteiger partial charge in [0.25, 0.3) is 0 Å². The minimum absolute atomic E-state index is 0.0754. The first-order chi connectivity index (χ1) is 6.18. The van der Waals surface area contributed by atoms with Crippen LogP contribution in [0.25, 0.3) is 0 Å². The van der Waals surface area contributed by atoms with Gasteiger partial charge in [0.05, 0.1) is 12.8 Å². The van der Waals surface area contributed by atoms with Crippen LogP contribution in [0.5, 0.6) is 0 Å². The van der Waals surface area contributed by atoms with Crippen molar-refractivity contribution in [1.29, 1.82) is 0 Å². The fourth-order valence-corrected chi connectivity index (χ4v) is 1.04. The van der Waals surface area contributed by atoms with Gasteiger partial charge in [-0.25, -0.2) is 0 Å². The third kappa shape index (κ3) is 3.78. The molecule has 13 heavy (non-hydrogen) atoms. The highest BCUT2D eigenvalue weighted by molar-refractivity contribution is 5.75. The average molecular weight is 181 g/mol. The van der Waals surface area contributed by atoms with Crippen molar-refractivity contribution in [2.75, 3.05) is 0 Å². The maximum atomic E-state index is 11.2. The highest BCUT2D eigenvalue weighted by atomic mass is 16.3. The first kappa shape index (κ1) is 9.84. The summed E-state index contributed by atoms with van der Waals surface area (Å²) in [7, 11) is 0. The van der Waals surface area contributed by atoms with Gasteiger partial charge in [0.15, 0.2) is 0 Å². The molecule has 0 atom stereocenters. The Labute approximate surface area is 78.1 Å². The number of nitrogens with one attached hydrogen (secondary N) is 1. The molecule has 1 aromatic heterocycles. The summed E-state index contributed by atoms with van der Waals surface area (Å²) in [5, 5.41) is 2.78. The van der Waals surface area contributed by atoms with Crippen LogP contribution in [-0.4, -0.2) is 5.91 Å². The van der Waals surface area contributed by atoms with E-state index in [1.54, 1.807) is 6.26 Å². The molecule has 72 valence electrons. The molecule has 0 aromatic carbocycles. The summed E-state index contributed by atoms with van der Waals surface area (Å²) < 4.78 is 5.07. The van der Waals surface area contributed by atoms with Gasteiger partial charge >= 0.3 is 0 Å². The maximum absolute atomic E-state index is 11.2. The second-order valence-electron chi connectivity index (χ2n) is 3.45. The molecule has 0 aliphatic heterocycles. The van der Waals surface area contributed by atoms with Gasteiger partial charge in [0.1, 0.15) is 5.76 Å². The molecule has 0 unspecified atom stereocenters. The van der Waals surface area contributed by atoms with Crippen molar-refractivity contribution in [3.05, 3.63) is 24.2 Å². The van der Waals surface area contributed by atoms with E-state index >= 15 is 0 Å². The molecule has 0 saturated carbocycles. The topological polar surface area (TPSA) is 42.2 Å². The minimum atomic E-state index is 0.0754. The first-order valence-corrected chi connectivity index (χ1v) is 4.47. The Morgan fingerprint density at radius 3 is 2.92 bits per heavy atom. The molecule has 0 aliphatic rings. The van der Waals surface area contributed by atoms with Crippen LogP contribution >= 0.6 is 0 Å². The van der Waals surface area contributed by atoms with Gasteiger partial charge in [-0.1, -0.05) is 13.8 Å². The fourth-order valence-electron chi connectivity index (χ4n) is 1.04. The van der Waals surface area contributed by atoms with Gasteiger partial charge < -0.3 is 9.73 Å². The monoisotopic (exact) mass is 181 g/mol. The molecule has 3 heteroatoms. The Balaban J connectivity index is 2.23. The lowest BCUT2D eigenvalue weighted by Crippen LogP contribution is -2.23. The van der Waals surface area contributed by atoms with E-state index in [2.05, 4.69) is 5.32 Å². The van der Waals surface area contributed by atoms with E-state index in [9.17, 15) is 4.79 Å². The summed E-state index contributed by atoms with van der Waals surface area (Å²) in [4.78, 5) is 11.2. The second kappa shape index (κ2) is 4.70. The van der Waals surface area contributed by atoms with Gasteiger partial charge in [0, 0.05) is 6.42 Å². The van der Waals surface area contributed by atoms with Crippen molar-refractivity contribution in [2.45, 2.75) is 26.8 Å². The van der Waals surface area contributed by atoms with E-state index < -0.39 is 0 Å². The smallest absolute Gasteiger partial charge is 0.220 e. The van der Waals surface area contributed by atoms with Gasteiger partial charge in [-0.15, -0.1) is 0 Å². The van der Waals surface area contributed by atoms with Crippen LogP contribution in [0.3, 0.4) is 0 Å². The average Bonchev–Trinajstić information content (AvgIpc) is 2.51. The maximum Gasteiger partial charge on any atom is 0.220 e. The lowest BCUT2D eigenvalue weighted by molar-refractivity contribution is -0.122. The molecule has 0 fully saturated rings. The normalized spacial score (nSPS) is 10.4. The van der Waals surface area contributed by atoms with Crippen LogP contribution < -0.4 is 5.32 Å². The van der Waals surface area contributed by atoms with E-state index in [0.717, 1.165) is 5.76 Å². The van der Waals surface area contributed by atoms with Crippen molar-refractivity contribution in [3.8, 4) is 0 Å². The Morgan fingerprint density at radius 1 is 1.62 bits per heavy atom. The largest absolute Gasteiger partial charge is 0.467 e. The van der Waals surface area contributed by atoms with Crippen LogP contribution in [-0.2, 0) is 11.3 Å². The molecular formula is C10H15NO2. The van der Waals surface area contributed by atoms with E-state index in [1.165, 1.54) is 0 Å². The highest BCUT2D eigenvalue weighted by Gasteiger charge is 2.04. The van der Waals surface area contributed by atoms with Crippen molar-refractivity contribution in [3.63, 3.8) is 0 Å². The lowest BCUT2D eigenvalue weighted by atomic mass is 10.1. The van der Waals surface area contributed by atoms with Crippen LogP contribution in [0, 0.1) is 5.92 Å². The summed E-state index contributed by atoms with van der Waals surface area (Å²) in [6, 6.07) is 3.65. The Kier molecular flexibility index (Phi) is 3.55. The van der Waals surface area contributed by atoms with Gasteiger partial charge in [0.2, 0.25) is 5.91 Å². The van der Waals surface area contributed by atoms with E-state index in [0.29, 0.717) is 18.9 Å². The SMILES string of the molecule is CC(C)CC(=O)NCc1ccco1. The minimum Gasteiger partial charge on any atom is -0.467 e. The van der Waals surface area contributed by atoms with Crippen LogP contribution in [0.15, 0.2) is 22.8 Å². The summed E-state index contributed by atoms with van der Waals surface area (Å²) in [5.74, 6) is 1.26. The van der Waals surface area contributed by atoms with Crippen LogP contribution in [0.2, 0.25) is 0 Å². The molecule has 0 aliphatic carbocycles. The molecular weight excluding hydrogens is 166 g/mol. The molecule has 1 rings (SSSR count). The van der Waals surface area contributed by atoms with E-state index in [-0.39, 0.29) is 5.91 Å². The van der Waals surface area contributed by atoms with Crippen molar-refractivity contribution in [2.24, 2.45) is 5.92 Å². The zero-order valence-corrected chi connectivity index (χ0v) is 8.04. The lowest BCUT2D eigenvalue weighted by Gasteiger charge is -2.04. The highest BCUT2D eigenvalue weighted by Crippen LogP contribution is 2.01. The number of rotatable bonds is 4. The third-order valence-corrected chi connectivity index (χ3v) is 1.63. The summed E-state index contributed by atoms with van der Waals surface area (Å²) in [6.45, 7) is 4.53. The van der Waals surface area contributed by atoms with Gasteiger partial charge in [-0.05, 0) is 18.1 Å². The fraction of sp³-hybridized carbons (Fsp3) is 0.500. The third-order valence-electron chi connectivity index (χ3n) is 1.63. The number of carbonyl (C=O) groups excluding carboxylic acids is 1. The molecule has 0 radical (unpaired) electrons. The summed E-state index contributed by atoms with van der Waals surface area (Å²) >= 11 is 0. The predicted molar refractivity (Wildman–Crippen MR) is 50.0 cm³/mol. The zero-order valence-electron chi connectivity index (χ0n) is 8.04. The molecule has 1 N–H and O–H groups in total. The standard InChI is InChI=1S/C10H15NO2/c1-8(2)6-10(12)11-7-9-4-3-5-13-9/h3-5,8H,6-7H2,1-2H3,(H,11,12). The van der Waals surface area contributed by atoms with E-state index in [1.807, 2.05) is 26.0 Å². The second-order valence-corrected chi connectivity index (χ2v) is 3.45. The number of furan rings is 1. The number of amides is 1. The number of carbonyl (C=O) groups is 1. The summed E-state index contributed by atoms with van der Waals surface area (Å²) in [6.07, 6.45) is 2.17. The molecule has 0 saturated heterocycles. The Bertz CT molecular complexity index is 252. The summed E-state index contributed by atoms with van der Waals surface area (Å²) in [5.41, 5.74) is 0. The zero-order chi connectivity index (χ0) is 9.68. The van der Waals surface area contributed by atoms with E-state index in [4.69, 9.17) is 4.42 Å². The first-order valence-electron chi connectivity index (χ1n) is 4.47. The molecule has 1 heterocycles. The Morgan fingerprint density at radius 2 is 2.38 bits per heavy atom. The molecule has 3 nitrogen and oxygen atoms in total. The molecule has 0 bridgehead atoms. The predicted octanol–water partition coefficient (Wildman–Crippen LogP) is 1.94.